The largest absolute Gasteiger partial charge is 0.509 e. The van der Waals surface area contributed by atoms with Crippen molar-refractivity contribution < 1.29 is 72.0 Å². The van der Waals surface area contributed by atoms with Crippen molar-refractivity contribution in [3.05, 3.63) is 35.9 Å². The Morgan fingerprint density at radius 2 is 1.54 bits per heavy atom. The number of cyclic esters (lactones) is 1. The Kier molecular flexibility index (Phi) is 18.6. The molecule has 3 fully saturated rings. The number of aliphatic hydroxyl groups excluding tert-OH is 1. The molecule has 16 nitrogen and oxygen atoms in total. The molecule has 0 radical (unpaired) electrons. The van der Waals surface area contributed by atoms with E-state index in [1.165, 1.54) is 21.0 Å². The van der Waals surface area contributed by atoms with E-state index in [2.05, 4.69) is 0 Å². The summed E-state index contributed by atoms with van der Waals surface area (Å²) in [6.07, 6.45) is -9.30. The van der Waals surface area contributed by atoms with E-state index in [1.807, 2.05) is 70.1 Å². The molecule has 1 aromatic carbocycles. The molecule has 0 aliphatic carbocycles. The van der Waals surface area contributed by atoms with Gasteiger partial charge in [0, 0.05) is 38.2 Å². The Morgan fingerprint density at radius 3 is 2.13 bits per heavy atom. The normalized spacial score (nSPS) is 41.0. The summed E-state index contributed by atoms with van der Waals surface area (Å²) in [4.78, 5) is 56.0. The average molecular weight is 894 g/mol. The van der Waals surface area contributed by atoms with Crippen LogP contribution in [0.5, 0.6) is 0 Å². The second kappa shape index (κ2) is 22.3. The molecule has 63 heavy (non-hydrogen) atoms. The Hall–Kier alpha value is -3.22. The number of carbonyl (C=O) groups excluding carboxylic acids is 4. The topological polar surface area (TPSA) is 195 Å². The van der Waals surface area contributed by atoms with E-state index >= 15 is 0 Å². The number of carbonyl (C=O) groups is 4. The first-order valence-electron chi connectivity index (χ1n) is 22.5. The minimum Gasteiger partial charge on any atom is -0.459 e. The first-order chi connectivity index (χ1) is 29.4. The number of hydrogen-bond acceptors (Lipinski definition) is 16. The summed E-state index contributed by atoms with van der Waals surface area (Å²) in [7, 11) is 5.29. The van der Waals surface area contributed by atoms with Gasteiger partial charge in [-0.15, -0.1) is 0 Å². The number of methoxy groups -OCH3 is 1. The molecule has 1 aromatic rings. The Labute approximate surface area is 373 Å². The van der Waals surface area contributed by atoms with Crippen LogP contribution in [0.25, 0.3) is 0 Å². The van der Waals surface area contributed by atoms with E-state index in [1.54, 1.807) is 41.5 Å². The summed E-state index contributed by atoms with van der Waals surface area (Å²) in [6.45, 7) is 18.6. The molecule has 3 aliphatic rings. The minimum absolute atomic E-state index is 0.00770. The zero-order chi connectivity index (χ0) is 47.1. The molecule has 4 rings (SSSR count). The van der Waals surface area contributed by atoms with Gasteiger partial charge in [-0.2, -0.15) is 0 Å². The Bertz CT molecular complexity index is 1660. The number of nitrogens with zero attached hydrogens (tertiary/aromatic N) is 1. The molecule has 3 aliphatic heterocycles. The van der Waals surface area contributed by atoms with Crippen LogP contribution in [-0.2, 0) is 63.6 Å². The number of Topliss-reactive ketones (excluding diaryl/α,β-unsaturated/α-hetero) is 1. The van der Waals surface area contributed by atoms with Crippen LogP contribution in [-0.4, -0.2) is 139 Å². The van der Waals surface area contributed by atoms with Crippen molar-refractivity contribution in [3.63, 3.8) is 0 Å². The smallest absolute Gasteiger partial charge is 0.459 e. The van der Waals surface area contributed by atoms with Crippen LogP contribution in [0, 0.1) is 29.6 Å². The van der Waals surface area contributed by atoms with E-state index in [4.69, 9.17) is 42.6 Å². The molecule has 3 saturated heterocycles. The van der Waals surface area contributed by atoms with E-state index in [0.29, 0.717) is 6.42 Å². The van der Waals surface area contributed by atoms with Gasteiger partial charge in [0.1, 0.15) is 29.7 Å². The summed E-state index contributed by atoms with van der Waals surface area (Å²) in [5.41, 5.74) is -2.34. The number of hydrogen-bond donors (Lipinski definition) is 2. The van der Waals surface area contributed by atoms with Crippen molar-refractivity contribution in [2.45, 2.75) is 187 Å². The van der Waals surface area contributed by atoms with Gasteiger partial charge in [-0.25, -0.2) is 4.79 Å². The number of aliphatic hydroxyl groups is 2. The highest BCUT2D eigenvalue weighted by molar-refractivity contribution is 5.83. The van der Waals surface area contributed by atoms with Crippen LogP contribution in [0.4, 0.5) is 4.79 Å². The van der Waals surface area contributed by atoms with Gasteiger partial charge in [0.05, 0.1) is 42.5 Å². The fourth-order valence-electron chi connectivity index (χ4n) is 9.71. The summed E-state index contributed by atoms with van der Waals surface area (Å²) < 4.78 is 55.9. The highest BCUT2D eigenvalue weighted by Gasteiger charge is 2.53. The molecule has 16 heteroatoms. The zero-order valence-electron chi connectivity index (χ0n) is 39.8. The van der Waals surface area contributed by atoms with Gasteiger partial charge in [0.15, 0.2) is 24.8 Å². The molecule has 0 bridgehead atoms. The molecule has 0 saturated carbocycles. The fourth-order valence-corrected chi connectivity index (χ4v) is 9.71. The lowest BCUT2D eigenvalue weighted by atomic mass is 9.75. The van der Waals surface area contributed by atoms with Crippen molar-refractivity contribution in [1.82, 2.24) is 4.90 Å². The van der Waals surface area contributed by atoms with Crippen molar-refractivity contribution in [3.8, 4) is 0 Å². The van der Waals surface area contributed by atoms with E-state index in [0.717, 1.165) is 5.56 Å². The summed E-state index contributed by atoms with van der Waals surface area (Å²) in [5, 5.41) is 23.3. The molecule has 0 spiro atoms. The lowest BCUT2D eigenvalue weighted by Crippen LogP contribution is -2.60. The van der Waals surface area contributed by atoms with Gasteiger partial charge in [0.2, 0.25) is 0 Å². The number of benzene rings is 1. The van der Waals surface area contributed by atoms with Gasteiger partial charge < -0.3 is 57.7 Å². The fraction of sp³-hybridized carbons (Fsp3) is 0.787. The van der Waals surface area contributed by atoms with Gasteiger partial charge in [-0.05, 0) is 79.5 Å². The maximum atomic E-state index is 14.4. The molecule has 3 heterocycles. The molecule has 0 amide bonds. The van der Waals surface area contributed by atoms with Gasteiger partial charge in [0.25, 0.3) is 0 Å². The quantitative estimate of drug-likeness (QED) is 0.206. The maximum absolute atomic E-state index is 14.4. The first kappa shape index (κ1) is 52.4. The third-order valence-electron chi connectivity index (χ3n) is 13.5. The summed E-state index contributed by atoms with van der Waals surface area (Å²) in [6, 6.07) is 8.94. The summed E-state index contributed by atoms with van der Waals surface area (Å²) >= 11 is 0. The number of ketones is 1. The van der Waals surface area contributed by atoms with Crippen LogP contribution in [0.15, 0.2) is 30.3 Å². The van der Waals surface area contributed by atoms with Crippen molar-refractivity contribution in [2.75, 3.05) is 21.2 Å². The number of rotatable bonds is 11. The van der Waals surface area contributed by atoms with Crippen molar-refractivity contribution in [1.29, 1.82) is 0 Å². The molecule has 18 atom stereocenters. The molecular formula is C47H75NO15. The monoisotopic (exact) mass is 894 g/mol. The predicted molar refractivity (Wildman–Crippen MR) is 230 cm³/mol. The number of likely N-dealkylation sites (N-methyl/N-ethyl adjacent to an activating group) is 1. The van der Waals surface area contributed by atoms with Crippen molar-refractivity contribution in [2.24, 2.45) is 29.6 Å². The molecule has 2 N–H and O–H groups in total. The second-order valence-electron chi connectivity index (χ2n) is 18.9. The van der Waals surface area contributed by atoms with E-state index in [-0.39, 0.29) is 43.8 Å². The highest BCUT2D eigenvalue weighted by Crippen LogP contribution is 2.41. The molecular weight excluding hydrogens is 819 g/mol. The third-order valence-corrected chi connectivity index (χ3v) is 13.5. The SMILES string of the molecule is CC[C@H]1OC(=O)[C@H](C)[C@@H](O[C@H]2C[C@@](C)(OC)[C@@H](OC(=O)OCc3ccccc3)[C@H](C)O2)[C@H](C)[C@@H](O[C@@H]2O[C@H](C)C[C@H](N(C)C)[C@H]2OC(C)=O)[C@@H](C)C[C@@H](C)C(=O)[C@H](C)[C@@H](O)[C@]1(C)O. The molecule has 358 valence electrons. The standard InChI is InChI=1S/C47H75NO15/c1-15-35-47(11,54)41(51)28(5)37(50)25(2)21-26(3)38(62-44-40(59-32(9)49)34(48(12)13)22-27(4)57-44)29(6)39(30(7)43(52)60-35)61-36-23-46(10,55-14)42(31(8)58-36)63-45(53)56-24-33-19-17-16-18-20-33/h16-20,25-31,34-36,38-42,44,51,54H,15,21-24H2,1-14H3/t25-,26+,27-,28+,29-,30-,31+,34+,35-,36+,38+,39+,40-,41-,42+,44+,46-,47-/m1/s1. The first-order valence-corrected chi connectivity index (χ1v) is 22.5. The van der Waals surface area contributed by atoms with Crippen LogP contribution in [0.2, 0.25) is 0 Å². The zero-order valence-corrected chi connectivity index (χ0v) is 39.8. The average Bonchev–Trinajstić information content (AvgIpc) is 3.23. The lowest BCUT2D eigenvalue weighted by Gasteiger charge is -2.48. The second-order valence-corrected chi connectivity index (χ2v) is 18.9. The maximum Gasteiger partial charge on any atom is 0.509 e. The minimum atomic E-state index is -1.98. The van der Waals surface area contributed by atoms with Gasteiger partial charge in [-0.3, -0.25) is 14.4 Å². The van der Waals surface area contributed by atoms with Crippen LogP contribution >= 0.6 is 0 Å². The third kappa shape index (κ3) is 12.8. The van der Waals surface area contributed by atoms with E-state index < -0.39 is 114 Å². The Balaban J connectivity index is 1.75. The lowest BCUT2D eigenvalue weighted by molar-refractivity contribution is -0.310. The predicted octanol–water partition coefficient (Wildman–Crippen LogP) is 5.60. The number of ether oxygens (including phenoxy) is 9. The van der Waals surface area contributed by atoms with E-state index in [9.17, 15) is 29.4 Å². The van der Waals surface area contributed by atoms with Crippen LogP contribution < -0.4 is 0 Å². The van der Waals surface area contributed by atoms with Crippen LogP contribution in [0.3, 0.4) is 0 Å². The highest BCUT2D eigenvalue weighted by atomic mass is 16.8. The van der Waals surface area contributed by atoms with Crippen molar-refractivity contribution >= 4 is 23.9 Å². The summed E-state index contributed by atoms with van der Waals surface area (Å²) in [5.74, 6) is -5.23. The Morgan fingerprint density at radius 1 is 0.889 bits per heavy atom. The van der Waals surface area contributed by atoms with Gasteiger partial charge in [-0.1, -0.05) is 65.0 Å². The number of esters is 2. The molecule has 0 unspecified atom stereocenters. The van der Waals surface area contributed by atoms with Gasteiger partial charge >= 0.3 is 18.1 Å². The molecule has 0 aromatic heterocycles. The van der Waals surface area contributed by atoms with Crippen LogP contribution in [0.1, 0.15) is 107 Å².